The molecule has 0 unspecified atom stereocenters. The first-order chi connectivity index (χ1) is 14.2. The molecule has 4 aromatic rings. The Hall–Kier alpha value is -3.17. The summed E-state index contributed by atoms with van der Waals surface area (Å²) in [4.78, 5) is 0. The van der Waals surface area contributed by atoms with Crippen molar-refractivity contribution < 1.29 is 8.42 Å². The van der Waals surface area contributed by atoms with Crippen LogP contribution in [0, 0.1) is 0 Å². The molecule has 0 spiro atoms. The van der Waals surface area contributed by atoms with Crippen molar-refractivity contribution in [3.63, 3.8) is 0 Å². The number of hydrogen-bond donors (Lipinski definition) is 0. The lowest BCUT2D eigenvalue weighted by atomic mass is 9.74. The van der Waals surface area contributed by atoms with Crippen LogP contribution in [-0.4, -0.2) is 8.42 Å². The molecule has 0 aromatic heterocycles. The Morgan fingerprint density at radius 3 is 0.793 bits per heavy atom. The van der Waals surface area contributed by atoms with E-state index in [0.29, 0.717) is 0 Å². The normalized spacial score (nSPS) is 18.1. The minimum Gasteiger partial charge on any atom is -0.226 e. The van der Waals surface area contributed by atoms with Gasteiger partial charge in [-0.05, 0) is 22.3 Å². The van der Waals surface area contributed by atoms with Gasteiger partial charge in [-0.15, -0.1) is 0 Å². The van der Waals surface area contributed by atoms with Gasteiger partial charge in [-0.1, -0.05) is 121 Å². The maximum absolute atomic E-state index is 14.3. The fourth-order valence-corrected chi connectivity index (χ4v) is 8.13. The Morgan fingerprint density at radius 2 is 0.586 bits per heavy atom. The predicted octanol–water partition coefficient (Wildman–Crippen LogP) is 5.30. The Kier molecular flexibility index (Phi) is 3.97. The molecule has 0 radical (unpaired) electrons. The van der Waals surface area contributed by atoms with Crippen molar-refractivity contribution in [2.24, 2.45) is 0 Å². The van der Waals surface area contributed by atoms with Crippen LogP contribution in [0.5, 0.6) is 0 Å². The highest BCUT2D eigenvalue weighted by atomic mass is 32.2. The molecular formula is C26H20O2S. The van der Waals surface area contributed by atoms with E-state index in [1.165, 1.54) is 0 Å². The Bertz CT molecular complexity index is 1060. The fraction of sp³-hybridized carbons (Fsp3) is 0.0769. The summed E-state index contributed by atoms with van der Waals surface area (Å²) in [7, 11) is -3.63. The number of rotatable bonds is 4. The van der Waals surface area contributed by atoms with Gasteiger partial charge in [0.05, 0.1) is 0 Å². The van der Waals surface area contributed by atoms with Gasteiger partial charge in [0.25, 0.3) is 0 Å². The van der Waals surface area contributed by atoms with Gasteiger partial charge < -0.3 is 0 Å². The molecule has 0 N–H and O–H groups in total. The van der Waals surface area contributed by atoms with E-state index >= 15 is 0 Å². The van der Waals surface area contributed by atoms with E-state index in [0.717, 1.165) is 22.3 Å². The molecule has 0 saturated carbocycles. The number of sulfone groups is 1. The zero-order valence-electron chi connectivity index (χ0n) is 15.8. The summed E-state index contributed by atoms with van der Waals surface area (Å²) in [5.74, 6) is 0. The summed E-state index contributed by atoms with van der Waals surface area (Å²) < 4.78 is 26.2. The largest absolute Gasteiger partial charge is 0.226 e. The van der Waals surface area contributed by atoms with E-state index in [1.807, 2.05) is 121 Å². The van der Waals surface area contributed by atoms with Crippen LogP contribution in [0.25, 0.3) is 0 Å². The third-order valence-corrected chi connectivity index (χ3v) is 8.95. The maximum atomic E-state index is 14.3. The highest BCUT2D eigenvalue weighted by molar-refractivity contribution is 8.01. The first kappa shape index (κ1) is 17.9. The van der Waals surface area contributed by atoms with Crippen molar-refractivity contribution >= 4 is 9.84 Å². The van der Waals surface area contributed by atoms with Crippen LogP contribution in [0.3, 0.4) is 0 Å². The molecule has 5 rings (SSSR count). The van der Waals surface area contributed by atoms with Crippen molar-refractivity contribution in [2.45, 2.75) is 9.49 Å². The van der Waals surface area contributed by atoms with E-state index in [2.05, 4.69) is 0 Å². The molecule has 1 aliphatic rings. The van der Waals surface area contributed by atoms with Crippen LogP contribution in [0.4, 0.5) is 0 Å². The highest BCUT2D eigenvalue weighted by Gasteiger charge is 2.86. The Labute approximate surface area is 171 Å². The average molecular weight is 397 g/mol. The van der Waals surface area contributed by atoms with Gasteiger partial charge in [0, 0.05) is 0 Å². The third kappa shape index (κ3) is 2.14. The quantitative estimate of drug-likeness (QED) is 0.439. The van der Waals surface area contributed by atoms with Gasteiger partial charge in [-0.25, -0.2) is 8.42 Å². The molecule has 1 aliphatic heterocycles. The molecule has 29 heavy (non-hydrogen) atoms. The Morgan fingerprint density at radius 1 is 0.379 bits per heavy atom. The van der Waals surface area contributed by atoms with Crippen LogP contribution in [0.15, 0.2) is 121 Å². The SMILES string of the molecule is O=S1(=O)C(c2ccccc2)(c2ccccc2)C1(c1ccccc1)c1ccccc1. The third-order valence-electron chi connectivity index (χ3n) is 5.98. The first-order valence-electron chi connectivity index (χ1n) is 9.63. The van der Waals surface area contributed by atoms with Gasteiger partial charge in [-0.2, -0.15) is 0 Å². The molecule has 0 amide bonds. The van der Waals surface area contributed by atoms with Crippen molar-refractivity contribution in [1.82, 2.24) is 0 Å². The first-order valence-corrected chi connectivity index (χ1v) is 11.1. The number of benzene rings is 4. The van der Waals surface area contributed by atoms with Crippen LogP contribution < -0.4 is 0 Å². The van der Waals surface area contributed by atoms with E-state index in [1.54, 1.807) is 0 Å². The van der Waals surface area contributed by atoms with Crippen LogP contribution in [0.1, 0.15) is 22.3 Å². The molecule has 1 fully saturated rings. The standard InChI is InChI=1S/C26H20O2S/c27-29(28)25(21-13-5-1-6-14-21,22-15-7-2-8-16-22)26(29,23-17-9-3-10-18-23)24-19-11-4-12-20-24/h1-20H. The van der Waals surface area contributed by atoms with Crippen molar-refractivity contribution in [1.29, 1.82) is 0 Å². The summed E-state index contributed by atoms with van der Waals surface area (Å²) >= 11 is 0. The summed E-state index contributed by atoms with van der Waals surface area (Å²) in [5.41, 5.74) is 3.16. The minimum absolute atomic E-state index is 0.791. The zero-order valence-corrected chi connectivity index (χ0v) is 16.6. The summed E-state index contributed by atoms with van der Waals surface area (Å²) in [6, 6.07) is 38.4. The molecule has 4 aromatic carbocycles. The van der Waals surface area contributed by atoms with Crippen LogP contribution in [0.2, 0.25) is 0 Å². The van der Waals surface area contributed by atoms with Gasteiger partial charge in [0.2, 0.25) is 0 Å². The second-order valence-electron chi connectivity index (χ2n) is 7.33. The topological polar surface area (TPSA) is 34.1 Å². The predicted molar refractivity (Wildman–Crippen MR) is 116 cm³/mol. The molecule has 142 valence electrons. The summed E-state index contributed by atoms with van der Waals surface area (Å²) in [5, 5.41) is 0. The van der Waals surface area contributed by atoms with Gasteiger partial charge >= 0.3 is 0 Å². The highest BCUT2D eigenvalue weighted by Crippen LogP contribution is 2.74. The minimum atomic E-state index is -3.63. The van der Waals surface area contributed by atoms with Crippen molar-refractivity contribution in [3.05, 3.63) is 144 Å². The van der Waals surface area contributed by atoms with Crippen LogP contribution in [-0.2, 0) is 19.3 Å². The monoisotopic (exact) mass is 396 g/mol. The van der Waals surface area contributed by atoms with Crippen molar-refractivity contribution in [2.75, 3.05) is 0 Å². The lowest BCUT2D eigenvalue weighted by Gasteiger charge is -2.23. The van der Waals surface area contributed by atoms with Gasteiger partial charge in [0.15, 0.2) is 19.3 Å². The molecule has 1 saturated heterocycles. The smallest absolute Gasteiger partial charge is 0.182 e. The maximum Gasteiger partial charge on any atom is 0.182 e. The molecule has 2 nitrogen and oxygen atoms in total. The van der Waals surface area contributed by atoms with E-state index in [9.17, 15) is 8.42 Å². The second-order valence-corrected chi connectivity index (χ2v) is 9.56. The second kappa shape index (κ2) is 6.43. The fourth-order valence-electron chi connectivity index (χ4n) is 4.86. The number of hydrogen-bond acceptors (Lipinski definition) is 2. The van der Waals surface area contributed by atoms with Crippen molar-refractivity contribution in [3.8, 4) is 0 Å². The zero-order chi connectivity index (χ0) is 20.0. The van der Waals surface area contributed by atoms with E-state index in [4.69, 9.17) is 0 Å². The molecule has 1 heterocycles. The van der Waals surface area contributed by atoms with Gasteiger partial charge in [0.1, 0.15) is 0 Å². The Balaban J connectivity index is 1.96. The van der Waals surface area contributed by atoms with Crippen LogP contribution >= 0.6 is 0 Å². The molecular weight excluding hydrogens is 376 g/mol. The average Bonchev–Trinajstić information content (AvgIpc) is 3.28. The lowest BCUT2D eigenvalue weighted by Crippen LogP contribution is -2.25. The van der Waals surface area contributed by atoms with E-state index < -0.39 is 19.3 Å². The lowest BCUT2D eigenvalue weighted by molar-refractivity contribution is 0.607. The molecule has 3 heteroatoms. The molecule has 0 bridgehead atoms. The molecule has 0 aliphatic carbocycles. The summed E-state index contributed by atoms with van der Waals surface area (Å²) in [6.45, 7) is 0. The van der Waals surface area contributed by atoms with Gasteiger partial charge in [-0.3, -0.25) is 0 Å². The van der Waals surface area contributed by atoms with E-state index in [-0.39, 0.29) is 0 Å². The summed E-state index contributed by atoms with van der Waals surface area (Å²) in [6.07, 6.45) is 0. The molecule has 0 atom stereocenters.